The highest BCUT2D eigenvalue weighted by atomic mass is 32.2. The first-order chi connectivity index (χ1) is 20.4. The first-order valence-corrected chi connectivity index (χ1v) is 16.7. The Labute approximate surface area is 254 Å². The van der Waals surface area contributed by atoms with E-state index >= 15 is 0 Å². The minimum atomic E-state index is -5.18. The largest absolute Gasteiger partial charge is 0.747 e. The van der Waals surface area contributed by atoms with Gasteiger partial charge in [0.15, 0.2) is 0 Å². The van der Waals surface area contributed by atoms with E-state index in [2.05, 4.69) is 27.3 Å². The lowest BCUT2D eigenvalue weighted by Crippen LogP contribution is -2.44. The average Bonchev–Trinajstić information content (AvgIpc) is 3.48. The number of carbonyl (C=O) groups excluding carboxylic acids is 6. The van der Waals surface area contributed by atoms with Crippen molar-refractivity contribution < 1.29 is 51.3 Å². The Hall–Kier alpha value is -3.16. The summed E-state index contributed by atoms with van der Waals surface area (Å²) < 4.78 is 39.0. The number of unbranched alkanes of at least 4 members (excludes halogenated alkanes) is 2. The van der Waals surface area contributed by atoms with Gasteiger partial charge in [-0.2, -0.15) is 0 Å². The molecular weight excluding hydrogens is 606 g/mol. The molecular formula is C27H36N3O11S2-. The summed E-state index contributed by atoms with van der Waals surface area (Å²) in [4.78, 5) is 79.0. The molecule has 1 heterocycles. The topological polar surface area (TPSA) is 205 Å². The van der Waals surface area contributed by atoms with Crippen molar-refractivity contribution in [2.24, 2.45) is 17.8 Å². The standard InChI is InChI=1S/C27H37N3O11S2/c1-2-3-8-12-28-22(31)11-13-42-26(35)20(14-24(33)41-30-23(32)15-21(25(30)34)43(37,38)39)29-27(36)40-16-19-17-9-6-4-5-7-10-18(17)19/h17-21H,2-3,6-16H2,1H3,(H,28,31)(H,29,36)(H,37,38,39)/p-1. The number of rotatable bonds is 15. The molecule has 1 aliphatic heterocycles. The molecule has 2 fully saturated rings. The normalized spacial score (nSPS) is 23.5. The monoisotopic (exact) mass is 642 g/mol. The second-order valence-corrected chi connectivity index (χ2v) is 13.2. The maximum absolute atomic E-state index is 12.9. The highest BCUT2D eigenvalue weighted by molar-refractivity contribution is 8.13. The molecule has 4 atom stereocenters. The number of amides is 4. The van der Waals surface area contributed by atoms with Gasteiger partial charge in [0.1, 0.15) is 21.4 Å². The summed E-state index contributed by atoms with van der Waals surface area (Å²) in [5, 5.41) is 1.99. The van der Waals surface area contributed by atoms with Gasteiger partial charge >= 0.3 is 12.1 Å². The van der Waals surface area contributed by atoms with E-state index in [9.17, 15) is 41.7 Å². The van der Waals surface area contributed by atoms with Crippen molar-refractivity contribution in [3.63, 3.8) is 0 Å². The number of imide groups is 1. The van der Waals surface area contributed by atoms with Crippen molar-refractivity contribution >= 4 is 56.8 Å². The van der Waals surface area contributed by atoms with Gasteiger partial charge in [0, 0.05) is 31.6 Å². The van der Waals surface area contributed by atoms with E-state index in [0.717, 1.165) is 44.9 Å². The van der Waals surface area contributed by atoms with Crippen molar-refractivity contribution in [2.45, 2.75) is 82.4 Å². The number of hydroxylamine groups is 2. The average molecular weight is 643 g/mol. The first kappa shape index (κ1) is 34.3. The van der Waals surface area contributed by atoms with E-state index in [-0.39, 0.29) is 35.7 Å². The van der Waals surface area contributed by atoms with E-state index in [1.54, 1.807) is 0 Å². The number of hydrogen-bond acceptors (Lipinski definition) is 12. The molecule has 16 heteroatoms. The van der Waals surface area contributed by atoms with Crippen LogP contribution in [0.1, 0.15) is 71.1 Å². The molecule has 0 aromatic rings. The highest BCUT2D eigenvalue weighted by Gasteiger charge is 2.49. The Kier molecular flexibility index (Phi) is 12.8. The van der Waals surface area contributed by atoms with Gasteiger partial charge in [0.05, 0.1) is 19.4 Å². The van der Waals surface area contributed by atoms with E-state index in [1.807, 2.05) is 6.92 Å². The molecule has 3 aliphatic rings. The van der Waals surface area contributed by atoms with Crippen LogP contribution in [0, 0.1) is 29.6 Å². The first-order valence-electron chi connectivity index (χ1n) is 14.3. The lowest BCUT2D eigenvalue weighted by Gasteiger charge is -2.19. The summed E-state index contributed by atoms with van der Waals surface area (Å²) in [6.45, 7) is 2.65. The number of nitrogens with one attached hydrogen (secondary N) is 2. The van der Waals surface area contributed by atoms with Gasteiger partial charge in [-0.1, -0.05) is 31.5 Å². The summed E-state index contributed by atoms with van der Waals surface area (Å²) in [5.41, 5.74) is 0. The predicted octanol–water partition coefficient (Wildman–Crippen LogP) is 0.998. The van der Waals surface area contributed by atoms with Crippen LogP contribution in [0.4, 0.5) is 4.79 Å². The molecule has 2 N–H and O–H groups in total. The molecule has 238 valence electrons. The van der Waals surface area contributed by atoms with Crippen molar-refractivity contribution in [2.75, 3.05) is 18.9 Å². The fraction of sp³-hybridized carbons (Fsp3) is 0.704. The van der Waals surface area contributed by atoms with Crippen molar-refractivity contribution in [1.82, 2.24) is 15.7 Å². The molecule has 43 heavy (non-hydrogen) atoms. The fourth-order valence-corrected chi connectivity index (χ4v) is 6.60. The Morgan fingerprint density at radius 1 is 1.12 bits per heavy atom. The van der Waals surface area contributed by atoms with Crippen molar-refractivity contribution in [3.8, 4) is 11.8 Å². The lowest BCUT2D eigenvalue weighted by molar-refractivity contribution is -0.197. The molecule has 4 amide bonds. The Morgan fingerprint density at radius 2 is 1.79 bits per heavy atom. The van der Waals surface area contributed by atoms with Gasteiger partial charge in [0.25, 0.3) is 11.8 Å². The molecule has 0 spiro atoms. The van der Waals surface area contributed by atoms with Crippen molar-refractivity contribution in [1.29, 1.82) is 0 Å². The third-order valence-corrected chi connectivity index (χ3v) is 9.52. The Bertz CT molecular complexity index is 1240. The van der Waals surface area contributed by atoms with Crippen molar-refractivity contribution in [3.05, 3.63) is 0 Å². The summed E-state index contributed by atoms with van der Waals surface area (Å²) in [5.74, 6) is 2.86. The molecule has 1 saturated carbocycles. The van der Waals surface area contributed by atoms with Crippen LogP contribution in [0.15, 0.2) is 0 Å². The number of hydrogen-bond donors (Lipinski definition) is 2. The summed E-state index contributed by atoms with van der Waals surface area (Å²) in [7, 11) is -5.18. The number of nitrogens with zero attached hydrogens (tertiary/aromatic N) is 1. The zero-order valence-electron chi connectivity index (χ0n) is 23.8. The molecule has 1 saturated heterocycles. The van der Waals surface area contributed by atoms with Gasteiger partial charge < -0.3 is 24.8 Å². The number of thioether (sulfide) groups is 1. The molecule has 0 aromatic carbocycles. The van der Waals surface area contributed by atoms with Crippen LogP contribution in [-0.2, 0) is 43.7 Å². The Morgan fingerprint density at radius 3 is 2.40 bits per heavy atom. The van der Waals surface area contributed by atoms with Gasteiger partial charge in [-0.25, -0.2) is 18.0 Å². The number of carbonyl (C=O) groups is 6. The highest BCUT2D eigenvalue weighted by Crippen LogP contribution is 2.52. The van der Waals surface area contributed by atoms with E-state index < -0.39 is 63.2 Å². The molecule has 14 nitrogen and oxygen atoms in total. The van der Waals surface area contributed by atoms with E-state index in [1.165, 1.54) is 0 Å². The van der Waals surface area contributed by atoms with Crippen LogP contribution in [0.5, 0.6) is 0 Å². The van der Waals surface area contributed by atoms with Gasteiger partial charge in [-0.3, -0.25) is 19.2 Å². The van der Waals surface area contributed by atoms with Gasteiger partial charge in [0.2, 0.25) is 11.0 Å². The summed E-state index contributed by atoms with van der Waals surface area (Å²) >= 11 is 0.686. The number of ether oxygens (including phenoxy) is 1. The minimum Gasteiger partial charge on any atom is -0.747 e. The molecule has 2 aliphatic carbocycles. The quantitative estimate of drug-likeness (QED) is 0.111. The molecule has 0 radical (unpaired) electrons. The molecule has 0 aromatic heterocycles. The van der Waals surface area contributed by atoms with Crippen LogP contribution in [-0.4, -0.2) is 83.1 Å². The van der Waals surface area contributed by atoms with Gasteiger partial charge in [-0.05, 0) is 37.0 Å². The minimum absolute atomic E-state index is 0.000153. The smallest absolute Gasteiger partial charge is 0.407 e. The fourth-order valence-electron chi connectivity index (χ4n) is 5.08. The summed E-state index contributed by atoms with van der Waals surface area (Å²) in [6.07, 6.45) is 3.35. The van der Waals surface area contributed by atoms with Gasteiger partial charge in [-0.15, -0.1) is 16.9 Å². The zero-order valence-corrected chi connectivity index (χ0v) is 25.5. The lowest BCUT2D eigenvalue weighted by atomic mass is 10.1. The van der Waals surface area contributed by atoms with E-state index in [4.69, 9.17) is 4.74 Å². The second-order valence-electron chi connectivity index (χ2n) is 10.6. The van der Waals surface area contributed by atoms with Crippen LogP contribution in [0.25, 0.3) is 0 Å². The SMILES string of the molecule is CCCCCNC(=O)CCSC(=O)C(CC(=O)ON1C(=O)CC(S(=O)(=O)[O-])C1=O)NC(=O)OCC1C2CCC#CCCC21. The zero-order chi connectivity index (χ0) is 31.6. The third kappa shape index (κ3) is 10.5. The maximum atomic E-state index is 12.9. The number of fused-ring (bicyclic) bond motifs is 1. The van der Waals surface area contributed by atoms with Crippen LogP contribution < -0.4 is 10.6 Å². The van der Waals surface area contributed by atoms with Crippen LogP contribution >= 0.6 is 11.8 Å². The summed E-state index contributed by atoms with van der Waals surface area (Å²) in [6, 6.07) is -1.52. The molecule has 0 bridgehead atoms. The predicted molar refractivity (Wildman–Crippen MR) is 150 cm³/mol. The van der Waals surface area contributed by atoms with E-state index in [0.29, 0.717) is 30.1 Å². The third-order valence-electron chi connectivity index (χ3n) is 7.47. The number of alkyl carbamates (subject to hydrolysis) is 1. The molecule has 4 unspecified atom stereocenters. The van der Waals surface area contributed by atoms with Crippen LogP contribution in [0.3, 0.4) is 0 Å². The molecule has 3 rings (SSSR count). The van der Waals surface area contributed by atoms with Crippen LogP contribution in [0.2, 0.25) is 0 Å². The second kappa shape index (κ2) is 16.1. The maximum Gasteiger partial charge on any atom is 0.407 e. The Balaban J connectivity index is 1.55.